The van der Waals surface area contributed by atoms with Gasteiger partial charge < -0.3 is 9.57 Å². The SMILES string of the molecule is CON=C1CCc2c(ccc(OCc3ccccc3)c2S(C)(=O)=O)C1=O. The number of rotatable bonds is 5. The number of Topliss-reactive ketones (excluding diaryl/α,β-unsaturated/α-hetero) is 1. The van der Waals surface area contributed by atoms with Gasteiger partial charge in [0.25, 0.3) is 0 Å². The van der Waals surface area contributed by atoms with E-state index < -0.39 is 9.84 Å². The number of hydrogen-bond acceptors (Lipinski definition) is 6. The Kier molecular flexibility index (Phi) is 5.08. The molecular formula is C19H19NO5S. The molecule has 7 heteroatoms. The zero-order chi connectivity index (χ0) is 18.7. The molecule has 3 rings (SSSR count). The molecule has 0 saturated heterocycles. The molecule has 0 saturated carbocycles. The Labute approximate surface area is 152 Å². The highest BCUT2D eigenvalue weighted by molar-refractivity contribution is 7.90. The number of ether oxygens (including phenoxy) is 1. The summed E-state index contributed by atoms with van der Waals surface area (Å²) in [5.74, 6) is -0.0531. The molecule has 0 aromatic heterocycles. The number of ketones is 1. The Morgan fingerprint density at radius 2 is 1.81 bits per heavy atom. The van der Waals surface area contributed by atoms with Gasteiger partial charge in [-0.2, -0.15) is 0 Å². The van der Waals surface area contributed by atoms with Crippen LogP contribution >= 0.6 is 0 Å². The minimum Gasteiger partial charge on any atom is -0.488 e. The lowest BCUT2D eigenvalue weighted by Crippen LogP contribution is -2.25. The van der Waals surface area contributed by atoms with Gasteiger partial charge in [-0.25, -0.2) is 8.42 Å². The zero-order valence-electron chi connectivity index (χ0n) is 14.6. The van der Waals surface area contributed by atoms with Crippen molar-refractivity contribution in [2.75, 3.05) is 13.4 Å². The van der Waals surface area contributed by atoms with Gasteiger partial charge in [-0.15, -0.1) is 0 Å². The topological polar surface area (TPSA) is 82.0 Å². The maximum atomic E-state index is 12.5. The van der Waals surface area contributed by atoms with E-state index in [0.29, 0.717) is 24.0 Å². The highest BCUT2D eigenvalue weighted by atomic mass is 32.2. The minimum absolute atomic E-state index is 0.0794. The Hall–Kier alpha value is -2.67. The highest BCUT2D eigenvalue weighted by Gasteiger charge is 2.31. The lowest BCUT2D eigenvalue weighted by molar-refractivity contribution is 0.105. The molecule has 0 bridgehead atoms. The lowest BCUT2D eigenvalue weighted by Gasteiger charge is -2.21. The molecule has 0 spiro atoms. The summed E-state index contributed by atoms with van der Waals surface area (Å²) in [5, 5.41) is 3.74. The van der Waals surface area contributed by atoms with Gasteiger partial charge in [-0.05, 0) is 29.7 Å². The van der Waals surface area contributed by atoms with Crippen LogP contribution in [0.3, 0.4) is 0 Å². The van der Waals surface area contributed by atoms with E-state index in [1.54, 1.807) is 6.07 Å². The van der Waals surface area contributed by atoms with Gasteiger partial charge in [0.15, 0.2) is 9.84 Å². The highest BCUT2D eigenvalue weighted by Crippen LogP contribution is 2.34. The molecule has 0 unspecified atom stereocenters. The third-order valence-corrected chi connectivity index (χ3v) is 5.34. The van der Waals surface area contributed by atoms with Gasteiger partial charge >= 0.3 is 0 Å². The van der Waals surface area contributed by atoms with E-state index in [0.717, 1.165) is 11.8 Å². The molecule has 0 fully saturated rings. The fourth-order valence-corrected chi connectivity index (χ4v) is 4.18. The van der Waals surface area contributed by atoms with Crippen LogP contribution in [-0.2, 0) is 27.7 Å². The van der Waals surface area contributed by atoms with Gasteiger partial charge in [0.2, 0.25) is 5.78 Å². The number of nitrogens with zero attached hydrogens (tertiary/aromatic N) is 1. The number of fused-ring (bicyclic) bond motifs is 1. The molecule has 2 aromatic carbocycles. The van der Waals surface area contributed by atoms with Crippen molar-refractivity contribution in [2.45, 2.75) is 24.3 Å². The summed E-state index contributed by atoms with van der Waals surface area (Å²) in [6.07, 6.45) is 1.83. The first-order chi connectivity index (χ1) is 12.4. The average molecular weight is 373 g/mol. The van der Waals surface area contributed by atoms with Gasteiger partial charge in [0.1, 0.15) is 30.1 Å². The summed E-state index contributed by atoms with van der Waals surface area (Å²) in [5.41, 5.74) is 2.03. The van der Waals surface area contributed by atoms with Crippen molar-refractivity contribution in [3.05, 3.63) is 59.2 Å². The molecule has 0 amide bonds. The van der Waals surface area contributed by atoms with Crippen molar-refractivity contribution in [1.82, 2.24) is 0 Å². The van der Waals surface area contributed by atoms with Gasteiger partial charge in [0.05, 0.1) is 0 Å². The maximum absolute atomic E-state index is 12.5. The molecule has 6 nitrogen and oxygen atoms in total. The van der Waals surface area contributed by atoms with Crippen LogP contribution in [0.25, 0.3) is 0 Å². The molecule has 1 aliphatic carbocycles. The summed E-state index contributed by atoms with van der Waals surface area (Å²) in [7, 11) is -2.21. The lowest BCUT2D eigenvalue weighted by atomic mass is 9.89. The molecule has 1 aliphatic rings. The average Bonchev–Trinajstić information content (AvgIpc) is 2.62. The Balaban J connectivity index is 2.02. The quantitative estimate of drug-likeness (QED) is 0.753. The van der Waals surface area contributed by atoms with Gasteiger partial charge in [-0.1, -0.05) is 35.5 Å². The molecule has 0 aliphatic heterocycles. The first-order valence-electron chi connectivity index (χ1n) is 8.09. The van der Waals surface area contributed by atoms with Crippen molar-refractivity contribution in [3.63, 3.8) is 0 Å². The zero-order valence-corrected chi connectivity index (χ0v) is 15.4. The molecule has 0 atom stereocenters. The Morgan fingerprint density at radius 1 is 1.08 bits per heavy atom. The first-order valence-corrected chi connectivity index (χ1v) is 9.98. The number of sulfone groups is 1. The first kappa shape index (κ1) is 18.1. The smallest absolute Gasteiger partial charge is 0.210 e. The van der Waals surface area contributed by atoms with Crippen LogP contribution in [0.5, 0.6) is 5.75 Å². The molecule has 0 heterocycles. The second-order valence-corrected chi connectivity index (χ2v) is 7.97. The number of oxime groups is 1. The predicted molar refractivity (Wildman–Crippen MR) is 97.4 cm³/mol. The van der Waals surface area contributed by atoms with E-state index in [-0.39, 0.29) is 28.7 Å². The van der Waals surface area contributed by atoms with Crippen molar-refractivity contribution in [2.24, 2.45) is 5.16 Å². The predicted octanol–water partition coefficient (Wildman–Crippen LogP) is 2.80. The molecule has 136 valence electrons. The van der Waals surface area contributed by atoms with Crippen LogP contribution in [-0.4, -0.2) is 33.3 Å². The third kappa shape index (κ3) is 3.62. The summed E-state index contributed by atoms with van der Waals surface area (Å²) in [4.78, 5) is 17.3. The Bertz CT molecular complexity index is 965. The molecular weight excluding hydrogens is 354 g/mol. The van der Waals surface area contributed by atoms with Crippen molar-refractivity contribution < 1.29 is 22.8 Å². The van der Waals surface area contributed by atoms with Crippen molar-refractivity contribution >= 4 is 21.3 Å². The summed E-state index contributed by atoms with van der Waals surface area (Å²) in [6.45, 7) is 0.243. The minimum atomic E-state index is -3.58. The molecule has 0 N–H and O–H groups in total. The van der Waals surface area contributed by atoms with Crippen LogP contribution in [0.1, 0.15) is 27.9 Å². The largest absolute Gasteiger partial charge is 0.488 e. The maximum Gasteiger partial charge on any atom is 0.210 e. The van der Waals surface area contributed by atoms with Crippen LogP contribution in [0.15, 0.2) is 52.5 Å². The van der Waals surface area contributed by atoms with Crippen LogP contribution < -0.4 is 4.74 Å². The fourth-order valence-electron chi connectivity index (χ4n) is 3.03. The second kappa shape index (κ2) is 7.29. The molecule has 26 heavy (non-hydrogen) atoms. The van der Waals surface area contributed by atoms with E-state index in [4.69, 9.17) is 9.57 Å². The molecule has 2 aromatic rings. The van der Waals surface area contributed by atoms with Crippen LogP contribution in [0.2, 0.25) is 0 Å². The van der Waals surface area contributed by atoms with Crippen molar-refractivity contribution in [1.29, 1.82) is 0 Å². The van der Waals surface area contributed by atoms with Gasteiger partial charge in [-0.3, -0.25) is 4.79 Å². The van der Waals surface area contributed by atoms with Gasteiger partial charge in [0, 0.05) is 18.2 Å². The van der Waals surface area contributed by atoms with E-state index >= 15 is 0 Å². The van der Waals surface area contributed by atoms with E-state index in [9.17, 15) is 13.2 Å². The summed E-state index contributed by atoms with van der Waals surface area (Å²) in [6, 6.07) is 12.6. The number of carbonyl (C=O) groups is 1. The second-order valence-electron chi connectivity index (χ2n) is 6.02. The van der Waals surface area contributed by atoms with Crippen molar-refractivity contribution in [3.8, 4) is 5.75 Å². The number of benzene rings is 2. The summed E-state index contributed by atoms with van der Waals surface area (Å²) >= 11 is 0. The summed E-state index contributed by atoms with van der Waals surface area (Å²) < 4.78 is 30.6. The van der Waals surface area contributed by atoms with Crippen LogP contribution in [0, 0.1) is 0 Å². The number of carbonyl (C=O) groups excluding carboxylic acids is 1. The van der Waals surface area contributed by atoms with Crippen LogP contribution in [0.4, 0.5) is 0 Å². The Morgan fingerprint density at radius 3 is 2.46 bits per heavy atom. The normalized spacial score (nSPS) is 15.6. The third-order valence-electron chi connectivity index (χ3n) is 4.15. The monoisotopic (exact) mass is 373 g/mol. The van der Waals surface area contributed by atoms with E-state index in [1.807, 2.05) is 30.3 Å². The van der Waals surface area contributed by atoms with E-state index in [2.05, 4.69) is 5.16 Å². The number of hydrogen-bond donors (Lipinski definition) is 0. The molecule has 0 radical (unpaired) electrons. The fraction of sp³-hybridized carbons (Fsp3) is 0.263. The standard InChI is InChI=1S/C19H19NO5S/c1-24-20-16-10-8-15-14(18(16)21)9-11-17(19(15)26(2,22)23)25-12-13-6-4-3-5-7-13/h3-7,9,11H,8,10,12H2,1-2H3. The van der Waals surface area contributed by atoms with E-state index in [1.165, 1.54) is 13.2 Å².